The van der Waals surface area contributed by atoms with Crippen molar-refractivity contribution in [2.24, 2.45) is 0 Å². The first kappa shape index (κ1) is 45.8. The highest BCUT2D eigenvalue weighted by atomic mass is 31.2. The van der Waals surface area contributed by atoms with E-state index in [9.17, 15) is 19.0 Å². The second-order valence-corrected chi connectivity index (χ2v) is 15.4. The van der Waals surface area contributed by atoms with Gasteiger partial charge in [0, 0.05) is 12.8 Å². The Labute approximate surface area is 288 Å². The quantitative estimate of drug-likeness (QED) is 0.0216. The molecule has 0 bridgehead atoms. The van der Waals surface area contributed by atoms with Crippen LogP contribution in [0.25, 0.3) is 0 Å². The summed E-state index contributed by atoms with van der Waals surface area (Å²) < 4.78 is 33.7. The first-order valence-electron chi connectivity index (χ1n) is 18.9. The number of likely N-dealkylation sites (N-methyl/N-ethyl adjacent to an activating group) is 1. The summed E-state index contributed by atoms with van der Waals surface area (Å²) in [6, 6.07) is 0. The minimum Gasteiger partial charge on any atom is -0.756 e. The average molecular weight is 690 g/mol. The zero-order valence-electron chi connectivity index (χ0n) is 31.0. The van der Waals surface area contributed by atoms with Crippen molar-refractivity contribution in [1.82, 2.24) is 0 Å². The van der Waals surface area contributed by atoms with Crippen molar-refractivity contribution in [3.05, 3.63) is 12.2 Å². The Morgan fingerprint density at radius 3 is 1.62 bits per heavy atom. The van der Waals surface area contributed by atoms with E-state index >= 15 is 0 Å². The van der Waals surface area contributed by atoms with Crippen LogP contribution < -0.4 is 4.89 Å². The number of rotatable bonds is 34. The molecule has 0 aliphatic carbocycles. The van der Waals surface area contributed by atoms with E-state index < -0.39 is 26.5 Å². The zero-order valence-corrected chi connectivity index (χ0v) is 31.9. The largest absolute Gasteiger partial charge is 0.756 e. The molecule has 0 radical (unpaired) electrons. The van der Waals surface area contributed by atoms with Gasteiger partial charge in [0.05, 0.1) is 27.7 Å². The van der Waals surface area contributed by atoms with Gasteiger partial charge in [0.25, 0.3) is 7.82 Å². The molecule has 10 heteroatoms. The summed E-state index contributed by atoms with van der Waals surface area (Å²) in [5, 5.41) is 0. The lowest BCUT2D eigenvalue weighted by Crippen LogP contribution is -2.37. The van der Waals surface area contributed by atoms with Gasteiger partial charge in [-0.1, -0.05) is 122 Å². The van der Waals surface area contributed by atoms with Crippen molar-refractivity contribution in [3.63, 3.8) is 0 Å². The highest BCUT2D eigenvalue weighted by Crippen LogP contribution is 2.38. The lowest BCUT2D eigenvalue weighted by molar-refractivity contribution is -0.870. The Hall–Kier alpha value is -1.25. The van der Waals surface area contributed by atoms with Crippen LogP contribution in [0.3, 0.4) is 0 Å². The number of quaternary nitrogens is 1. The van der Waals surface area contributed by atoms with E-state index in [0.717, 1.165) is 57.8 Å². The van der Waals surface area contributed by atoms with Gasteiger partial charge in [0.2, 0.25) is 0 Å². The smallest absolute Gasteiger partial charge is 0.306 e. The van der Waals surface area contributed by atoms with Crippen LogP contribution >= 0.6 is 7.82 Å². The van der Waals surface area contributed by atoms with E-state index in [1.54, 1.807) is 0 Å². The molecule has 0 amide bonds. The van der Waals surface area contributed by atoms with Crippen LogP contribution in [0.2, 0.25) is 0 Å². The molecule has 0 N–H and O–H groups in total. The first-order chi connectivity index (χ1) is 22.5. The summed E-state index contributed by atoms with van der Waals surface area (Å²) in [5.41, 5.74) is 0. The van der Waals surface area contributed by atoms with Crippen molar-refractivity contribution in [2.45, 2.75) is 168 Å². The third-order valence-electron chi connectivity index (χ3n) is 8.04. The summed E-state index contributed by atoms with van der Waals surface area (Å²) in [4.78, 5) is 37.2. The molecule has 0 fully saturated rings. The van der Waals surface area contributed by atoms with Crippen molar-refractivity contribution < 1.29 is 42.1 Å². The second-order valence-electron chi connectivity index (χ2n) is 13.9. The van der Waals surface area contributed by atoms with Crippen LogP contribution in [0.15, 0.2) is 12.2 Å². The maximum atomic E-state index is 12.6. The van der Waals surface area contributed by atoms with Gasteiger partial charge in [-0.2, -0.15) is 0 Å². The molecule has 2 unspecified atom stereocenters. The minimum atomic E-state index is -4.61. The number of allylic oxidation sites excluding steroid dienone is 2. The number of esters is 2. The third-order valence-corrected chi connectivity index (χ3v) is 9.00. The third kappa shape index (κ3) is 34.4. The van der Waals surface area contributed by atoms with Crippen LogP contribution in [0.1, 0.15) is 162 Å². The fourth-order valence-electron chi connectivity index (χ4n) is 5.00. The predicted molar refractivity (Wildman–Crippen MR) is 190 cm³/mol. The number of carbonyl (C=O) groups is 2. The molecule has 278 valence electrons. The summed E-state index contributed by atoms with van der Waals surface area (Å²) in [7, 11) is 1.16. The normalized spacial score (nSPS) is 13.9. The number of phosphoric acid groups is 1. The standard InChI is InChI=1S/C37H72NO8P/c1-6-8-10-12-14-16-18-20-22-24-26-28-30-37(40)46-35(34-45-47(41,42)44-32-31-38(3,4)5)33-43-36(39)29-27-25-23-21-19-17-15-13-11-9-7-2/h14,16,35H,6-13,15,17-34H2,1-5H3/b16-14+. The molecule has 0 rings (SSSR count). The van der Waals surface area contributed by atoms with Gasteiger partial charge in [0.15, 0.2) is 6.10 Å². The molecule has 0 aliphatic heterocycles. The Morgan fingerprint density at radius 1 is 0.638 bits per heavy atom. The van der Waals surface area contributed by atoms with Crippen LogP contribution in [-0.4, -0.2) is 70.0 Å². The molecular formula is C37H72NO8P. The number of phosphoric ester groups is 1. The maximum absolute atomic E-state index is 12.6. The first-order valence-corrected chi connectivity index (χ1v) is 20.4. The molecule has 0 spiro atoms. The number of ether oxygens (including phenoxy) is 2. The number of unbranched alkanes of at least 4 members (excludes halogenated alkanes) is 18. The predicted octanol–water partition coefficient (Wildman–Crippen LogP) is 9.22. The molecule has 0 aliphatic rings. The molecule has 47 heavy (non-hydrogen) atoms. The highest BCUT2D eigenvalue weighted by Gasteiger charge is 2.21. The van der Waals surface area contributed by atoms with Gasteiger partial charge >= 0.3 is 11.9 Å². The molecule has 0 aromatic heterocycles. The van der Waals surface area contributed by atoms with Gasteiger partial charge in [-0.05, 0) is 38.5 Å². The summed E-state index contributed by atoms with van der Waals surface area (Å²) in [6.07, 6.45) is 28.1. The molecule has 9 nitrogen and oxygen atoms in total. The fourth-order valence-corrected chi connectivity index (χ4v) is 5.73. The fraction of sp³-hybridized carbons (Fsp3) is 0.892. The van der Waals surface area contributed by atoms with E-state index in [4.69, 9.17) is 18.5 Å². The van der Waals surface area contributed by atoms with E-state index in [-0.39, 0.29) is 32.0 Å². The second kappa shape index (κ2) is 30.8. The van der Waals surface area contributed by atoms with Crippen molar-refractivity contribution in [3.8, 4) is 0 Å². The summed E-state index contributed by atoms with van der Waals surface area (Å²) in [5.74, 6) is -0.844. The zero-order chi connectivity index (χ0) is 35.1. The Morgan fingerprint density at radius 2 is 1.09 bits per heavy atom. The van der Waals surface area contributed by atoms with E-state index in [0.29, 0.717) is 17.4 Å². The maximum Gasteiger partial charge on any atom is 0.306 e. The van der Waals surface area contributed by atoms with E-state index in [1.165, 1.54) is 70.6 Å². The highest BCUT2D eigenvalue weighted by molar-refractivity contribution is 7.45. The Balaban J connectivity index is 4.46. The average Bonchev–Trinajstić information content (AvgIpc) is 3.01. The van der Waals surface area contributed by atoms with Crippen LogP contribution in [0.4, 0.5) is 0 Å². The summed E-state index contributed by atoms with van der Waals surface area (Å²) in [6.45, 7) is 4.17. The summed E-state index contributed by atoms with van der Waals surface area (Å²) >= 11 is 0. The van der Waals surface area contributed by atoms with Crippen molar-refractivity contribution in [2.75, 3.05) is 47.5 Å². The van der Waals surface area contributed by atoms with Crippen LogP contribution in [0, 0.1) is 0 Å². The van der Waals surface area contributed by atoms with Gasteiger partial charge in [-0.25, -0.2) is 0 Å². The van der Waals surface area contributed by atoms with E-state index in [2.05, 4.69) is 26.0 Å². The number of hydrogen-bond donors (Lipinski definition) is 0. The van der Waals surface area contributed by atoms with Gasteiger partial charge < -0.3 is 27.9 Å². The Bertz CT molecular complexity index is 830. The molecule has 0 saturated carbocycles. The topological polar surface area (TPSA) is 111 Å². The molecule has 0 saturated heterocycles. The molecule has 0 heterocycles. The monoisotopic (exact) mass is 689 g/mol. The number of nitrogens with zero attached hydrogens (tertiary/aromatic N) is 1. The van der Waals surface area contributed by atoms with E-state index in [1.807, 2.05) is 21.1 Å². The molecule has 0 aromatic carbocycles. The van der Waals surface area contributed by atoms with Gasteiger partial charge in [0.1, 0.15) is 19.8 Å². The number of carbonyl (C=O) groups excluding carboxylic acids is 2. The Kier molecular flexibility index (Phi) is 30.0. The minimum absolute atomic E-state index is 0.0298. The van der Waals surface area contributed by atoms with Gasteiger partial charge in [-0.15, -0.1) is 0 Å². The molecule has 2 atom stereocenters. The van der Waals surface area contributed by atoms with Crippen molar-refractivity contribution in [1.29, 1.82) is 0 Å². The molecular weight excluding hydrogens is 617 g/mol. The lowest BCUT2D eigenvalue weighted by Gasteiger charge is -2.28. The number of hydrogen-bond acceptors (Lipinski definition) is 8. The SMILES string of the molecule is CCCCC/C=C/CCCCCCCC(=O)OC(COC(=O)CCCCCCCCCCCCC)COP(=O)([O-])OCC[N+](C)(C)C. The van der Waals surface area contributed by atoms with Crippen LogP contribution in [-0.2, 0) is 32.7 Å². The van der Waals surface area contributed by atoms with Gasteiger partial charge in [-0.3, -0.25) is 14.2 Å². The molecule has 0 aromatic rings. The van der Waals surface area contributed by atoms with Crippen molar-refractivity contribution >= 4 is 19.8 Å². The van der Waals surface area contributed by atoms with Crippen LogP contribution in [0.5, 0.6) is 0 Å². The lowest BCUT2D eigenvalue weighted by atomic mass is 10.1.